The number of amides is 1. The van der Waals surface area contributed by atoms with E-state index in [0.717, 1.165) is 63.1 Å². The molecular formula is C26H36Cl2N6O2. The molecule has 0 unspecified atom stereocenters. The molecule has 2 aromatic rings. The van der Waals surface area contributed by atoms with Gasteiger partial charge in [0.15, 0.2) is 11.5 Å². The number of nitrogens with one attached hydrogen (secondary N) is 1. The Hall–Kier alpha value is -2.42. The summed E-state index contributed by atoms with van der Waals surface area (Å²) in [6.45, 7) is 7.50. The number of hydrogen-bond donors (Lipinski definition) is 2. The molecule has 1 saturated heterocycles. The first-order valence-corrected chi connectivity index (χ1v) is 12.4. The highest BCUT2D eigenvalue weighted by molar-refractivity contribution is 6.09. The summed E-state index contributed by atoms with van der Waals surface area (Å²) in [5, 5.41) is 3.31. The molecule has 1 saturated carbocycles. The van der Waals surface area contributed by atoms with Crippen molar-refractivity contribution >= 4 is 47.9 Å². The van der Waals surface area contributed by atoms with E-state index in [1.165, 1.54) is 11.9 Å². The number of nitrogen functional groups attached to an aromatic ring is 1. The number of piperazine rings is 1. The van der Waals surface area contributed by atoms with Crippen LogP contribution >= 0.6 is 24.8 Å². The lowest BCUT2D eigenvalue weighted by molar-refractivity contribution is -0.133. The molecule has 1 aliphatic carbocycles. The molecule has 1 aromatic heterocycles. The standard InChI is InChI=1S/C26H34N6O2.2ClH/c1-26(2)23(31-22-24(27)29-16-30-25(22)34-26)20-9-7-19(8-10-20)18-5-3-17(4-6-18)15-21(33)32-13-11-28-12-14-32;;/h7-10,16-18,28H,3-6,11-15H2,1-2H3,(H2,27,29,30);2*1H. The third kappa shape index (κ3) is 5.93. The molecule has 3 aliphatic rings. The monoisotopic (exact) mass is 534 g/mol. The van der Waals surface area contributed by atoms with Crippen LogP contribution in [-0.4, -0.2) is 58.3 Å². The quantitative estimate of drug-likeness (QED) is 0.605. The Morgan fingerprint density at radius 3 is 2.42 bits per heavy atom. The molecule has 8 nitrogen and oxygen atoms in total. The number of halogens is 2. The van der Waals surface area contributed by atoms with Crippen LogP contribution < -0.4 is 15.8 Å². The second kappa shape index (κ2) is 11.8. The maximum absolute atomic E-state index is 12.6. The Labute approximate surface area is 225 Å². The summed E-state index contributed by atoms with van der Waals surface area (Å²) >= 11 is 0. The lowest BCUT2D eigenvalue weighted by Crippen LogP contribution is -2.46. The average Bonchev–Trinajstić information content (AvgIpc) is 2.84. The molecule has 3 heterocycles. The van der Waals surface area contributed by atoms with Crippen molar-refractivity contribution < 1.29 is 9.53 Å². The van der Waals surface area contributed by atoms with Crippen molar-refractivity contribution in [3.05, 3.63) is 41.7 Å². The lowest BCUT2D eigenvalue weighted by atomic mass is 9.77. The molecular weight excluding hydrogens is 499 g/mol. The van der Waals surface area contributed by atoms with Crippen LogP contribution in [0.25, 0.3) is 0 Å². The molecule has 1 aromatic carbocycles. The normalized spacial score (nSPS) is 22.7. The largest absolute Gasteiger partial charge is 0.463 e. The van der Waals surface area contributed by atoms with Crippen molar-refractivity contribution in [3.8, 4) is 5.88 Å². The predicted octanol–water partition coefficient (Wildman–Crippen LogP) is 4.29. The summed E-state index contributed by atoms with van der Waals surface area (Å²) in [4.78, 5) is 27.7. The van der Waals surface area contributed by atoms with Gasteiger partial charge in [0, 0.05) is 38.2 Å². The van der Waals surface area contributed by atoms with Crippen molar-refractivity contribution in [2.75, 3.05) is 31.9 Å². The van der Waals surface area contributed by atoms with Gasteiger partial charge in [-0.15, -0.1) is 24.8 Å². The Bertz CT molecular complexity index is 1080. The maximum Gasteiger partial charge on any atom is 0.246 e. The van der Waals surface area contributed by atoms with Crippen LogP contribution in [0.15, 0.2) is 35.6 Å². The summed E-state index contributed by atoms with van der Waals surface area (Å²) in [5.74, 6) is 2.13. The summed E-state index contributed by atoms with van der Waals surface area (Å²) in [6.07, 6.45) is 6.61. The van der Waals surface area contributed by atoms with Gasteiger partial charge in [0.2, 0.25) is 11.8 Å². The van der Waals surface area contributed by atoms with Gasteiger partial charge in [0.25, 0.3) is 0 Å². The summed E-state index contributed by atoms with van der Waals surface area (Å²) in [6, 6.07) is 8.69. The third-order valence-corrected chi connectivity index (χ3v) is 7.40. The Morgan fingerprint density at radius 2 is 1.75 bits per heavy atom. The van der Waals surface area contributed by atoms with Crippen molar-refractivity contribution in [2.24, 2.45) is 10.9 Å². The van der Waals surface area contributed by atoms with Gasteiger partial charge >= 0.3 is 0 Å². The van der Waals surface area contributed by atoms with Gasteiger partial charge in [-0.25, -0.2) is 9.98 Å². The van der Waals surface area contributed by atoms with Crippen molar-refractivity contribution in [1.82, 2.24) is 20.2 Å². The zero-order valence-electron chi connectivity index (χ0n) is 20.9. The van der Waals surface area contributed by atoms with Crippen LogP contribution in [0.2, 0.25) is 0 Å². The molecule has 2 fully saturated rings. The fraction of sp³-hybridized carbons (Fsp3) is 0.538. The number of benzene rings is 1. The van der Waals surface area contributed by atoms with Crippen LogP contribution in [0.5, 0.6) is 5.88 Å². The first-order chi connectivity index (χ1) is 16.4. The van der Waals surface area contributed by atoms with E-state index >= 15 is 0 Å². The first-order valence-electron chi connectivity index (χ1n) is 12.4. The van der Waals surface area contributed by atoms with Gasteiger partial charge in [-0.2, -0.15) is 4.98 Å². The average molecular weight is 536 g/mol. The minimum absolute atomic E-state index is 0. The highest BCUT2D eigenvalue weighted by Gasteiger charge is 2.35. The van der Waals surface area contributed by atoms with E-state index in [1.807, 2.05) is 18.7 Å². The molecule has 0 atom stereocenters. The third-order valence-electron chi connectivity index (χ3n) is 7.40. The van der Waals surface area contributed by atoms with Gasteiger partial charge in [0.05, 0.1) is 5.71 Å². The van der Waals surface area contributed by atoms with Crippen LogP contribution in [0.3, 0.4) is 0 Å². The lowest BCUT2D eigenvalue weighted by Gasteiger charge is -2.33. The summed E-state index contributed by atoms with van der Waals surface area (Å²) in [7, 11) is 0. The molecule has 2 aliphatic heterocycles. The molecule has 5 rings (SSSR count). The number of rotatable bonds is 4. The Morgan fingerprint density at radius 1 is 1.08 bits per heavy atom. The van der Waals surface area contributed by atoms with E-state index in [4.69, 9.17) is 15.5 Å². The first kappa shape index (κ1) is 28.2. The molecule has 10 heteroatoms. The number of aliphatic imine (C=N–C) groups is 1. The van der Waals surface area contributed by atoms with Crippen LogP contribution in [-0.2, 0) is 4.79 Å². The van der Waals surface area contributed by atoms with Crippen molar-refractivity contribution in [2.45, 2.75) is 57.5 Å². The minimum Gasteiger partial charge on any atom is -0.463 e. The number of ether oxygens (including phenoxy) is 1. The van der Waals surface area contributed by atoms with Gasteiger partial charge in [-0.1, -0.05) is 24.3 Å². The molecule has 36 heavy (non-hydrogen) atoms. The minimum atomic E-state index is -0.621. The fourth-order valence-electron chi connectivity index (χ4n) is 5.41. The second-order valence-electron chi connectivity index (χ2n) is 10.2. The van der Waals surface area contributed by atoms with E-state index in [1.54, 1.807) is 0 Å². The number of carbonyl (C=O) groups excluding carboxylic acids is 1. The molecule has 0 radical (unpaired) electrons. The van der Waals surface area contributed by atoms with Gasteiger partial charge in [-0.05, 0) is 56.9 Å². The number of anilines is 1. The van der Waals surface area contributed by atoms with E-state index in [-0.39, 0.29) is 24.8 Å². The SMILES string of the molecule is CC1(C)Oc2ncnc(N)c2N=C1c1ccc(C2CCC(CC(=O)N3CCNCC3)CC2)cc1.Cl.Cl. The maximum atomic E-state index is 12.6. The van der Waals surface area contributed by atoms with Crippen molar-refractivity contribution in [3.63, 3.8) is 0 Å². The van der Waals surface area contributed by atoms with Crippen LogP contribution in [0.4, 0.5) is 11.5 Å². The molecule has 1 amide bonds. The molecule has 196 valence electrons. The zero-order chi connectivity index (χ0) is 23.7. The summed E-state index contributed by atoms with van der Waals surface area (Å²) in [5.41, 5.74) is 9.07. The molecule has 3 N–H and O–H groups in total. The number of fused-ring (bicyclic) bond motifs is 1. The van der Waals surface area contributed by atoms with Crippen LogP contribution in [0, 0.1) is 5.92 Å². The topological polar surface area (TPSA) is 106 Å². The molecule has 0 spiro atoms. The number of aromatic nitrogens is 2. The zero-order valence-corrected chi connectivity index (χ0v) is 22.5. The summed E-state index contributed by atoms with van der Waals surface area (Å²) < 4.78 is 6.10. The second-order valence-corrected chi connectivity index (χ2v) is 10.2. The number of nitrogens with two attached hydrogens (primary N) is 1. The van der Waals surface area contributed by atoms with Crippen molar-refractivity contribution in [1.29, 1.82) is 0 Å². The molecule has 0 bridgehead atoms. The van der Waals surface area contributed by atoms with E-state index in [0.29, 0.717) is 41.5 Å². The van der Waals surface area contributed by atoms with Gasteiger partial charge < -0.3 is 20.7 Å². The van der Waals surface area contributed by atoms with Gasteiger partial charge in [0.1, 0.15) is 11.9 Å². The highest BCUT2D eigenvalue weighted by atomic mass is 35.5. The van der Waals surface area contributed by atoms with E-state index < -0.39 is 5.60 Å². The van der Waals surface area contributed by atoms with E-state index in [2.05, 4.69) is 39.6 Å². The Balaban J connectivity index is 0.00000180. The number of hydrogen-bond acceptors (Lipinski definition) is 7. The van der Waals surface area contributed by atoms with Gasteiger partial charge in [-0.3, -0.25) is 4.79 Å². The van der Waals surface area contributed by atoms with Crippen LogP contribution in [0.1, 0.15) is 63.0 Å². The Kier molecular flexibility index (Phi) is 9.19. The highest BCUT2D eigenvalue weighted by Crippen LogP contribution is 2.40. The number of carbonyl (C=O) groups is 1. The predicted molar refractivity (Wildman–Crippen MR) is 147 cm³/mol. The fourth-order valence-corrected chi connectivity index (χ4v) is 5.41. The number of nitrogens with zero attached hydrogens (tertiary/aromatic N) is 4. The smallest absolute Gasteiger partial charge is 0.246 e. The van der Waals surface area contributed by atoms with E-state index in [9.17, 15) is 4.79 Å².